The number of carbonyl (C=O) groups is 1. The van der Waals surface area contributed by atoms with Gasteiger partial charge in [0.05, 0.1) is 5.52 Å². The van der Waals surface area contributed by atoms with Gasteiger partial charge in [-0.25, -0.2) is 4.39 Å². The van der Waals surface area contributed by atoms with E-state index in [2.05, 4.69) is 42.2 Å². The molecule has 0 radical (unpaired) electrons. The van der Waals surface area contributed by atoms with Crippen molar-refractivity contribution in [3.63, 3.8) is 0 Å². The average Bonchev–Trinajstić information content (AvgIpc) is 3.34. The first-order valence-corrected chi connectivity index (χ1v) is 11.5. The van der Waals surface area contributed by atoms with Crippen molar-refractivity contribution in [1.82, 2.24) is 9.88 Å². The van der Waals surface area contributed by atoms with Gasteiger partial charge in [0.1, 0.15) is 11.8 Å². The number of piperidine rings is 1. The Labute approximate surface area is 188 Å². The molecule has 166 valence electrons. The first kappa shape index (κ1) is 21.1. The van der Waals surface area contributed by atoms with Gasteiger partial charge in [0.2, 0.25) is 0 Å². The molecule has 0 bridgehead atoms. The zero-order valence-corrected chi connectivity index (χ0v) is 18.5. The Balaban J connectivity index is 1.25. The molecule has 2 saturated heterocycles. The van der Waals surface area contributed by atoms with Crippen LogP contribution in [0.25, 0.3) is 22.0 Å². The number of pyridine rings is 1. The molecule has 0 unspecified atom stereocenters. The molecule has 2 aromatic carbocycles. The van der Waals surface area contributed by atoms with Gasteiger partial charge < -0.3 is 9.64 Å². The lowest BCUT2D eigenvalue weighted by Crippen LogP contribution is -2.48. The van der Waals surface area contributed by atoms with E-state index >= 15 is 4.39 Å². The lowest BCUT2D eigenvalue weighted by atomic mass is 9.86. The molecule has 32 heavy (non-hydrogen) atoms. The number of ether oxygens (including phenoxy) is 1. The Bertz CT molecular complexity index is 1110. The van der Waals surface area contributed by atoms with Gasteiger partial charge in [-0.15, -0.1) is 0 Å². The van der Waals surface area contributed by atoms with E-state index in [-0.39, 0.29) is 12.0 Å². The lowest BCUT2D eigenvalue weighted by Gasteiger charge is -2.37. The Hall–Kier alpha value is -2.79. The van der Waals surface area contributed by atoms with E-state index in [9.17, 15) is 4.79 Å². The Kier molecular flexibility index (Phi) is 5.68. The minimum Gasteiger partial charge on any atom is -0.368 e. The summed E-state index contributed by atoms with van der Waals surface area (Å²) < 4.78 is 21.1. The van der Waals surface area contributed by atoms with Crippen LogP contribution in [0.1, 0.15) is 36.8 Å². The van der Waals surface area contributed by atoms with Crippen LogP contribution >= 0.6 is 0 Å². The molecule has 0 spiro atoms. The van der Waals surface area contributed by atoms with E-state index in [4.69, 9.17) is 4.74 Å². The number of nitrogens with zero attached hydrogens (tertiary/aromatic N) is 2. The van der Waals surface area contributed by atoms with E-state index in [0.717, 1.165) is 40.4 Å². The van der Waals surface area contributed by atoms with Crippen LogP contribution in [-0.4, -0.2) is 47.3 Å². The smallest absolute Gasteiger partial charge is 0.251 e. The van der Waals surface area contributed by atoms with Crippen molar-refractivity contribution in [3.8, 4) is 11.1 Å². The van der Waals surface area contributed by atoms with E-state index in [1.165, 1.54) is 5.56 Å². The van der Waals surface area contributed by atoms with Crippen LogP contribution < -0.4 is 0 Å². The molecule has 5 heteroatoms. The number of alkyl halides is 1. The van der Waals surface area contributed by atoms with Crippen molar-refractivity contribution >= 4 is 16.8 Å². The van der Waals surface area contributed by atoms with Crippen molar-refractivity contribution in [3.05, 3.63) is 65.9 Å². The number of aromatic nitrogens is 1. The van der Waals surface area contributed by atoms with Crippen molar-refractivity contribution in [2.45, 2.75) is 50.8 Å². The Morgan fingerprint density at radius 2 is 1.97 bits per heavy atom. The van der Waals surface area contributed by atoms with Crippen molar-refractivity contribution in [2.24, 2.45) is 0 Å². The summed E-state index contributed by atoms with van der Waals surface area (Å²) in [6, 6.07) is 16.5. The highest BCUT2D eigenvalue weighted by Gasteiger charge is 2.38. The molecule has 3 aromatic rings. The van der Waals surface area contributed by atoms with Gasteiger partial charge in [0.25, 0.3) is 5.91 Å². The maximum absolute atomic E-state index is 15.6. The lowest BCUT2D eigenvalue weighted by molar-refractivity contribution is -0.143. The van der Waals surface area contributed by atoms with Crippen molar-refractivity contribution in [1.29, 1.82) is 0 Å². The monoisotopic (exact) mass is 432 g/mol. The third-order valence-corrected chi connectivity index (χ3v) is 6.91. The summed E-state index contributed by atoms with van der Waals surface area (Å²) in [7, 11) is 0. The van der Waals surface area contributed by atoms with Gasteiger partial charge in [-0.2, -0.15) is 0 Å². The fourth-order valence-electron chi connectivity index (χ4n) is 4.99. The van der Waals surface area contributed by atoms with Gasteiger partial charge >= 0.3 is 0 Å². The van der Waals surface area contributed by atoms with Gasteiger partial charge in [0.15, 0.2) is 0 Å². The summed E-state index contributed by atoms with van der Waals surface area (Å²) in [5, 5.41) is 1.13. The minimum absolute atomic E-state index is 0.0362. The number of likely N-dealkylation sites (tertiary alicyclic amines) is 1. The van der Waals surface area contributed by atoms with Crippen LogP contribution in [0.2, 0.25) is 0 Å². The van der Waals surface area contributed by atoms with Gasteiger partial charge in [-0.05, 0) is 73.1 Å². The van der Waals surface area contributed by atoms with Crippen LogP contribution in [0.3, 0.4) is 0 Å². The van der Waals surface area contributed by atoms with Crippen molar-refractivity contribution in [2.75, 3.05) is 19.7 Å². The predicted molar refractivity (Wildman–Crippen MR) is 124 cm³/mol. The maximum atomic E-state index is 15.6. The van der Waals surface area contributed by atoms with E-state index in [1.54, 1.807) is 4.90 Å². The number of hydrogen-bond acceptors (Lipinski definition) is 3. The average molecular weight is 433 g/mol. The molecule has 5 rings (SSSR count). The molecule has 4 nitrogen and oxygen atoms in total. The molecular weight excluding hydrogens is 403 g/mol. The van der Waals surface area contributed by atoms with Crippen LogP contribution in [-0.2, 0) is 16.0 Å². The summed E-state index contributed by atoms with van der Waals surface area (Å²) in [6.45, 7) is 3.70. The second kappa shape index (κ2) is 8.62. The number of fused-ring (bicyclic) bond motifs is 1. The molecule has 1 aromatic heterocycles. The Morgan fingerprint density at radius 1 is 1.19 bits per heavy atom. The summed E-state index contributed by atoms with van der Waals surface area (Å²) in [5.41, 5.74) is 4.17. The van der Waals surface area contributed by atoms with Crippen LogP contribution in [0.15, 0.2) is 54.7 Å². The van der Waals surface area contributed by atoms with E-state index < -0.39 is 5.67 Å². The molecule has 3 heterocycles. The fourth-order valence-corrected chi connectivity index (χ4v) is 4.99. The highest BCUT2D eigenvalue weighted by Crippen LogP contribution is 2.33. The molecule has 1 atom stereocenters. The number of amides is 1. The largest absolute Gasteiger partial charge is 0.368 e. The number of halogens is 1. The normalized spacial score (nSPS) is 20.6. The zero-order chi connectivity index (χ0) is 22.1. The fraction of sp³-hybridized carbons (Fsp3) is 0.407. The molecular formula is C27H29FN2O2. The molecule has 2 aliphatic heterocycles. The molecule has 0 saturated carbocycles. The topological polar surface area (TPSA) is 42.4 Å². The van der Waals surface area contributed by atoms with E-state index in [0.29, 0.717) is 39.0 Å². The van der Waals surface area contributed by atoms with Crippen LogP contribution in [0.5, 0.6) is 0 Å². The maximum Gasteiger partial charge on any atom is 0.251 e. The van der Waals surface area contributed by atoms with Crippen LogP contribution in [0, 0.1) is 6.92 Å². The molecule has 1 amide bonds. The second-order valence-electron chi connectivity index (χ2n) is 9.21. The number of aryl methyl sites for hydroxylation is 1. The third-order valence-electron chi connectivity index (χ3n) is 6.91. The number of benzene rings is 2. The molecule has 0 aliphatic carbocycles. The minimum atomic E-state index is -1.27. The Morgan fingerprint density at radius 3 is 2.69 bits per heavy atom. The summed E-state index contributed by atoms with van der Waals surface area (Å²) >= 11 is 0. The standard InChI is InChI=1S/C27H29FN2O2/c1-19-16-22-4-2-12-29-24(22)17-23(19)21-8-6-20(7-9-21)18-27(28)10-13-30(14-11-27)26(31)25-5-3-15-32-25/h2,4,6-9,12,16-17,25H,3,5,10-11,13-15,18H2,1H3/t25-/m1/s1. The number of hydrogen-bond donors (Lipinski definition) is 0. The van der Waals surface area contributed by atoms with Crippen LogP contribution in [0.4, 0.5) is 4.39 Å². The summed E-state index contributed by atoms with van der Waals surface area (Å²) in [6.07, 6.45) is 4.35. The van der Waals surface area contributed by atoms with Gasteiger partial charge in [0, 0.05) is 37.7 Å². The van der Waals surface area contributed by atoms with Crippen molar-refractivity contribution < 1.29 is 13.9 Å². The highest BCUT2D eigenvalue weighted by atomic mass is 19.1. The molecule has 2 fully saturated rings. The van der Waals surface area contributed by atoms with Gasteiger partial charge in [-0.3, -0.25) is 9.78 Å². The van der Waals surface area contributed by atoms with E-state index in [1.807, 2.05) is 24.4 Å². The number of rotatable bonds is 4. The second-order valence-corrected chi connectivity index (χ2v) is 9.21. The first-order chi connectivity index (χ1) is 15.5. The highest BCUT2D eigenvalue weighted by molar-refractivity contribution is 5.86. The van der Waals surface area contributed by atoms with Gasteiger partial charge in [-0.1, -0.05) is 30.3 Å². The third kappa shape index (κ3) is 4.26. The number of carbonyl (C=O) groups excluding carboxylic acids is 1. The zero-order valence-electron chi connectivity index (χ0n) is 18.5. The SMILES string of the molecule is Cc1cc2cccnc2cc1-c1ccc(CC2(F)CCN(C(=O)[C@H]3CCCO3)CC2)cc1. The quantitative estimate of drug-likeness (QED) is 0.565. The summed E-state index contributed by atoms with van der Waals surface area (Å²) in [5.74, 6) is 0.0362. The predicted octanol–water partition coefficient (Wildman–Crippen LogP) is 5.26. The molecule has 2 aliphatic rings. The first-order valence-electron chi connectivity index (χ1n) is 11.5. The summed E-state index contributed by atoms with van der Waals surface area (Å²) in [4.78, 5) is 18.8. The molecule has 0 N–H and O–H groups in total.